The fraction of sp³-hybridized carbons (Fsp3) is 0.235. The number of carbonyl (C=O) groups is 1. The number of benzene rings is 2. The summed E-state index contributed by atoms with van der Waals surface area (Å²) in [5.41, 5.74) is 1.91. The molecule has 120 valence electrons. The van der Waals surface area contributed by atoms with Gasteiger partial charge in [0.25, 0.3) is 5.78 Å². The number of amides is 1. The zero-order valence-electron chi connectivity index (χ0n) is 12.6. The van der Waals surface area contributed by atoms with Gasteiger partial charge in [0.15, 0.2) is 0 Å². The van der Waals surface area contributed by atoms with E-state index >= 15 is 0 Å². The Morgan fingerprint density at radius 2 is 1.61 bits per heavy atom. The quantitative estimate of drug-likeness (QED) is 0.760. The average Bonchev–Trinajstić information content (AvgIpc) is 2.58. The first-order valence-electron chi connectivity index (χ1n) is 7.31. The summed E-state index contributed by atoms with van der Waals surface area (Å²) in [6.07, 6.45) is 0.284. The third-order valence-corrected chi connectivity index (χ3v) is 4.23. The Bertz CT molecular complexity index is 634. The van der Waals surface area contributed by atoms with Gasteiger partial charge in [-0.3, -0.25) is 5.32 Å². The fourth-order valence-electron chi connectivity index (χ4n) is 2.09. The van der Waals surface area contributed by atoms with Gasteiger partial charge in [-0.1, -0.05) is 60.7 Å². The molecule has 0 aliphatic heterocycles. The highest BCUT2D eigenvalue weighted by Crippen LogP contribution is 2.24. The molecule has 0 saturated heterocycles. The minimum absolute atomic E-state index is 0.125. The van der Waals surface area contributed by atoms with Crippen molar-refractivity contribution in [2.45, 2.75) is 25.2 Å². The molecule has 0 fully saturated rings. The summed E-state index contributed by atoms with van der Waals surface area (Å²) in [6.45, 7) is 0.125. The molecule has 2 aromatic carbocycles. The summed E-state index contributed by atoms with van der Waals surface area (Å²) in [5, 5.41) is 2.46. The number of alkyl carbamates (subject to hydrolysis) is 1. The van der Waals surface area contributed by atoms with Crippen LogP contribution in [0.3, 0.4) is 0 Å². The van der Waals surface area contributed by atoms with E-state index in [0.717, 1.165) is 11.1 Å². The maximum atomic E-state index is 11.8. The van der Waals surface area contributed by atoms with Crippen molar-refractivity contribution in [3.63, 3.8) is 0 Å². The van der Waals surface area contributed by atoms with Crippen molar-refractivity contribution in [2.24, 2.45) is 0 Å². The molecule has 0 heterocycles. The van der Waals surface area contributed by atoms with Crippen molar-refractivity contribution < 1.29 is 19.0 Å². The molecule has 0 bridgehead atoms. The minimum atomic E-state index is -2.52. The van der Waals surface area contributed by atoms with Crippen LogP contribution in [0.15, 0.2) is 60.7 Å². The molecule has 2 N–H and O–H groups in total. The Kier molecular flexibility index (Phi) is 6.73. The maximum absolute atomic E-state index is 11.8. The smallest absolute Gasteiger partial charge is 0.445 e. The van der Waals surface area contributed by atoms with E-state index in [1.54, 1.807) is 0 Å². The van der Waals surface area contributed by atoms with Crippen LogP contribution in [0.5, 0.6) is 0 Å². The predicted molar refractivity (Wildman–Crippen MR) is 88.1 cm³/mol. The van der Waals surface area contributed by atoms with Crippen molar-refractivity contribution in [2.75, 3.05) is 0 Å². The molecular formula is C17H19NO4P+. The van der Waals surface area contributed by atoms with Gasteiger partial charge in [0.1, 0.15) is 6.61 Å². The van der Waals surface area contributed by atoms with E-state index in [0.29, 0.717) is 12.8 Å². The van der Waals surface area contributed by atoms with Crippen molar-refractivity contribution in [1.82, 2.24) is 5.32 Å². The number of rotatable bonds is 7. The third kappa shape index (κ3) is 6.19. The average molecular weight is 332 g/mol. The van der Waals surface area contributed by atoms with Crippen LogP contribution >= 0.6 is 8.03 Å². The van der Waals surface area contributed by atoms with Crippen LogP contribution in [0.2, 0.25) is 0 Å². The number of nitrogens with one attached hydrogen (secondary N) is 1. The van der Waals surface area contributed by atoms with Gasteiger partial charge in [0, 0.05) is 6.42 Å². The number of hydrogen-bond acceptors (Lipinski definition) is 3. The van der Waals surface area contributed by atoms with Crippen LogP contribution in [0, 0.1) is 0 Å². The lowest BCUT2D eigenvalue weighted by atomic mass is 10.1. The Morgan fingerprint density at radius 3 is 2.17 bits per heavy atom. The van der Waals surface area contributed by atoms with E-state index in [2.05, 4.69) is 5.32 Å². The Labute approximate surface area is 136 Å². The number of aryl methyl sites for hydroxylation is 1. The molecule has 5 nitrogen and oxygen atoms in total. The summed E-state index contributed by atoms with van der Waals surface area (Å²) in [6, 6.07) is 18.9. The fourth-order valence-corrected chi connectivity index (χ4v) is 2.65. The summed E-state index contributed by atoms with van der Waals surface area (Å²) in [5.74, 6) is -0.825. The summed E-state index contributed by atoms with van der Waals surface area (Å²) in [7, 11) is -2.52. The molecule has 0 aliphatic carbocycles. The Hall–Kier alpha value is -2.23. The normalized spacial score (nSPS) is 12.3. The topological polar surface area (TPSA) is 75.6 Å². The lowest BCUT2D eigenvalue weighted by Gasteiger charge is -2.09. The third-order valence-electron chi connectivity index (χ3n) is 3.31. The molecule has 1 unspecified atom stereocenters. The van der Waals surface area contributed by atoms with Crippen LogP contribution < -0.4 is 5.32 Å². The maximum Gasteiger partial charge on any atom is 0.530 e. The second-order valence-corrected chi connectivity index (χ2v) is 6.28. The van der Waals surface area contributed by atoms with Gasteiger partial charge in [0.2, 0.25) is 0 Å². The minimum Gasteiger partial charge on any atom is -0.445 e. The molecule has 2 atom stereocenters. The first-order valence-corrected chi connectivity index (χ1v) is 8.59. The molecular weight excluding hydrogens is 313 g/mol. The van der Waals surface area contributed by atoms with Crippen molar-refractivity contribution in [1.29, 1.82) is 0 Å². The van der Waals surface area contributed by atoms with Gasteiger partial charge in [-0.25, -0.2) is 4.79 Å². The summed E-state index contributed by atoms with van der Waals surface area (Å²) >= 11 is 0. The molecule has 23 heavy (non-hydrogen) atoms. The molecule has 0 radical (unpaired) electrons. The number of carbonyl (C=O) groups excluding carboxylic acids is 1. The molecule has 6 heteroatoms. The van der Waals surface area contributed by atoms with Crippen LogP contribution in [0.4, 0.5) is 4.79 Å². The lowest BCUT2D eigenvalue weighted by Crippen LogP contribution is -2.33. The number of hydrogen-bond donors (Lipinski definition) is 2. The first kappa shape index (κ1) is 17.1. The van der Waals surface area contributed by atoms with Crippen molar-refractivity contribution in [3.8, 4) is 0 Å². The zero-order valence-corrected chi connectivity index (χ0v) is 13.5. The van der Waals surface area contributed by atoms with Crippen LogP contribution in [0.1, 0.15) is 17.5 Å². The summed E-state index contributed by atoms with van der Waals surface area (Å²) < 4.78 is 16.5. The second-order valence-electron chi connectivity index (χ2n) is 5.05. The Morgan fingerprint density at radius 1 is 1.04 bits per heavy atom. The monoisotopic (exact) mass is 332 g/mol. The van der Waals surface area contributed by atoms with E-state index in [1.807, 2.05) is 60.7 Å². The largest absolute Gasteiger partial charge is 0.530 e. The SMILES string of the molecule is O=C(N[C@@H](CCc1ccccc1)[P+](=O)O)OCc1ccccc1. The first-order chi connectivity index (χ1) is 11.1. The van der Waals surface area contributed by atoms with E-state index in [1.165, 1.54) is 0 Å². The molecule has 0 aliphatic rings. The highest BCUT2D eigenvalue weighted by molar-refractivity contribution is 7.38. The van der Waals surface area contributed by atoms with Crippen LogP contribution in [-0.4, -0.2) is 16.8 Å². The van der Waals surface area contributed by atoms with Crippen LogP contribution in [0.25, 0.3) is 0 Å². The predicted octanol–water partition coefficient (Wildman–Crippen LogP) is 3.61. The molecule has 0 aromatic heterocycles. The number of ether oxygens (including phenoxy) is 1. The highest BCUT2D eigenvalue weighted by Gasteiger charge is 2.30. The van der Waals surface area contributed by atoms with Gasteiger partial charge < -0.3 is 4.74 Å². The van der Waals surface area contributed by atoms with Crippen molar-refractivity contribution in [3.05, 3.63) is 71.8 Å². The van der Waals surface area contributed by atoms with E-state index in [4.69, 9.17) is 4.74 Å². The van der Waals surface area contributed by atoms with E-state index in [-0.39, 0.29) is 6.61 Å². The van der Waals surface area contributed by atoms with E-state index in [9.17, 15) is 14.3 Å². The van der Waals surface area contributed by atoms with Gasteiger partial charge in [-0.05, 0) is 22.1 Å². The van der Waals surface area contributed by atoms with Gasteiger partial charge in [-0.15, -0.1) is 0 Å². The second kappa shape index (κ2) is 9.03. The molecule has 0 saturated carbocycles. The molecule has 0 spiro atoms. The standard InChI is InChI=1S/C17H18NO4P/c19-17(22-13-15-9-5-2-6-10-15)18-16(23(20)21)12-11-14-7-3-1-4-8-14/h1-10,16H,11-13H2,(H-,18,19,20,21)/p+1/t16-/m1/s1. The summed E-state index contributed by atoms with van der Waals surface area (Å²) in [4.78, 5) is 21.1. The van der Waals surface area contributed by atoms with Crippen molar-refractivity contribution >= 4 is 14.1 Å². The molecule has 2 rings (SSSR count). The Balaban J connectivity index is 1.81. The van der Waals surface area contributed by atoms with E-state index < -0.39 is 19.9 Å². The van der Waals surface area contributed by atoms with Gasteiger partial charge in [0.05, 0.1) is 0 Å². The van der Waals surface area contributed by atoms with Gasteiger partial charge in [-0.2, -0.15) is 4.89 Å². The zero-order chi connectivity index (χ0) is 16.5. The van der Waals surface area contributed by atoms with Gasteiger partial charge >= 0.3 is 14.1 Å². The molecule has 1 amide bonds. The highest BCUT2D eigenvalue weighted by atomic mass is 31.1. The lowest BCUT2D eigenvalue weighted by molar-refractivity contribution is 0.137. The van der Waals surface area contributed by atoms with Crippen LogP contribution in [-0.2, 0) is 22.3 Å². The molecule has 2 aromatic rings.